The van der Waals surface area contributed by atoms with Gasteiger partial charge in [-0.15, -0.1) is 11.3 Å². The first-order valence-electron chi connectivity index (χ1n) is 5.45. The first kappa shape index (κ1) is 12.0. The highest BCUT2D eigenvalue weighted by Gasteiger charge is 2.24. The van der Waals surface area contributed by atoms with Crippen LogP contribution in [-0.2, 0) is 10.0 Å². The van der Waals surface area contributed by atoms with Crippen molar-refractivity contribution in [1.82, 2.24) is 9.62 Å². The Balaban J connectivity index is 2.15. The van der Waals surface area contributed by atoms with Crippen LogP contribution in [0.15, 0.2) is 21.7 Å². The maximum atomic E-state index is 12.2. The van der Waals surface area contributed by atoms with E-state index < -0.39 is 10.0 Å². The second kappa shape index (κ2) is 5.27. The maximum absolute atomic E-state index is 12.2. The van der Waals surface area contributed by atoms with E-state index in [1.54, 1.807) is 21.8 Å². The molecule has 0 spiro atoms. The van der Waals surface area contributed by atoms with Crippen molar-refractivity contribution in [2.45, 2.75) is 17.1 Å². The third-order valence-corrected chi connectivity index (χ3v) is 5.88. The van der Waals surface area contributed by atoms with E-state index in [-0.39, 0.29) is 0 Å². The Morgan fingerprint density at radius 2 is 1.94 bits per heavy atom. The molecule has 0 atom stereocenters. The van der Waals surface area contributed by atoms with Crippen molar-refractivity contribution in [3.05, 3.63) is 17.5 Å². The molecule has 90 valence electrons. The molecule has 1 aliphatic rings. The van der Waals surface area contributed by atoms with E-state index >= 15 is 0 Å². The molecule has 0 aliphatic carbocycles. The molecule has 2 rings (SSSR count). The minimum Gasteiger partial charge on any atom is -0.317 e. The monoisotopic (exact) mass is 260 g/mol. The molecule has 2 heterocycles. The SMILES string of the molecule is O=S(=O)(c1cccs1)N1CCCNCCC1. The summed E-state index contributed by atoms with van der Waals surface area (Å²) >= 11 is 1.29. The van der Waals surface area contributed by atoms with Gasteiger partial charge in [0, 0.05) is 13.1 Å². The molecule has 1 fully saturated rings. The Bertz CT molecular complexity index is 406. The lowest BCUT2D eigenvalue weighted by Gasteiger charge is -2.23. The van der Waals surface area contributed by atoms with Gasteiger partial charge in [0.2, 0.25) is 0 Å². The number of hydrogen-bond donors (Lipinski definition) is 1. The van der Waals surface area contributed by atoms with Crippen LogP contribution < -0.4 is 5.32 Å². The summed E-state index contributed by atoms with van der Waals surface area (Å²) in [5.41, 5.74) is 0. The summed E-state index contributed by atoms with van der Waals surface area (Å²) in [5, 5.41) is 5.08. The molecule has 1 aromatic heterocycles. The molecule has 1 aromatic rings. The zero-order valence-electron chi connectivity index (χ0n) is 9.05. The molecular formula is C10H16N2O2S2. The molecule has 6 heteroatoms. The summed E-state index contributed by atoms with van der Waals surface area (Å²) < 4.78 is 26.5. The van der Waals surface area contributed by atoms with Crippen molar-refractivity contribution < 1.29 is 8.42 Å². The molecule has 0 unspecified atom stereocenters. The summed E-state index contributed by atoms with van der Waals surface area (Å²) in [5.74, 6) is 0. The van der Waals surface area contributed by atoms with Gasteiger partial charge in [-0.05, 0) is 37.4 Å². The number of nitrogens with one attached hydrogen (secondary N) is 1. The van der Waals surface area contributed by atoms with Gasteiger partial charge in [0.05, 0.1) is 0 Å². The average Bonchev–Trinajstić information content (AvgIpc) is 2.68. The van der Waals surface area contributed by atoms with E-state index in [1.807, 2.05) is 0 Å². The van der Waals surface area contributed by atoms with Crippen LogP contribution in [0.5, 0.6) is 0 Å². The number of nitrogens with zero attached hydrogens (tertiary/aromatic N) is 1. The standard InChI is InChI=1S/C10H16N2O2S2/c13-16(14,10-4-1-9-15-10)12-7-2-5-11-6-3-8-12/h1,4,9,11H,2-3,5-8H2. The number of sulfonamides is 1. The van der Waals surface area contributed by atoms with Crippen LogP contribution in [0.25, 0.3) is 0 Å². The fourth-order valence-electron chi connectivity index (χ4n) is 1.78. The second-order valence-corrected chi connectivity index (χ2v) is 6.91. The van der Waals surface area contributed by atoms with Crippen LogP contribution in [0.4, 0.5) is 0 Å². The van der Waals surface area contributed by atoms with Crippen molar-refractivity contribution >= 4 is 21.4 Å². The lowest BCUT2D eigenvalue weighted by molar-refractivity contribution is 0.372. The highest BCUT2D eigenvalue weighted by Crippen LogP contribution is 2.21. The summed E-state index contributed by atoms with van der Waals surface area (Å²) in [7, 11) is -3.23. The van der Waals surface area contributed by atoms with E-state index in [0.29, 0.717) is 17.3 Å². The number of rotatable bonds is 2. The first-order valence-corrected chi connectivity index (χ1v) is 7.77. The van der Waals surface area contributed by atoms with Gasteiger partial charge in [-0.1, -0.05) is 6.07 Å². The number of hydrogen-bond acceptors (Lipinski definition) is 4. The van der Waals surface area contributed by atoms with Crippen LogP contribution in [0, 0.1) is 0 Å². The van der Waals surface area contributed by atoms with Gasteiger partial charge in [0.1, 0.15) is 4.21 Å². The molecule has 0 amide bonds. The molecular weight excluding hydrogens is 244 g/mol. The summed E-state index contributed by atoms with van der Waals surface area (Å²) in [6.45, 7) is 3.04. The van der Waals surface area contributed by atoms with Crippen LogP contribution >= 0.6 is 11.3 Å². The smallest absolute Gasteiger partial charge is 0.252 e. The molecule has 1 aliphatic heterocycles. The largest absolute Gasteiger partial charge is 0.317 e. The normalized spacial score (nSPS) is 20.2. The van der Waals surface area contributed by atoms with Crippen molar-refractivity contribution in [2.75, 3.05) is 26.2 Å². The number of thiophene rings is 1. The topological polar surface area (TPSA) is 49.4 Å². The molecule has 1 saturated heterocycles. The minimum atomic E-state index is -3.23. The van der Waals surface area contributed by atoms with Crippen molar-refractivity contribution in [1.29, 1.82) is 0 Å². The van der Waals surface area contributed by atoms with Gasteiger partial charge < -0.3 is 5.32 Å². The van der Waals surface area contributed by atoms with Gasteiger partial charge >= 0.3 is 0 Å². The molecule has 0 saturated carbocycles. The maximum Gasteiger partial charge on any atom is 0.252 e. The third-order valence-electron chi connectivity index (χ3n) is 2.61. The van der Waals surface area contributed by atoms with Crippen molar-refractivity contribution in [2.24, 2.45) is 0 Å². The van der Waals surface area contributed by atoms with Gasteiger partial charge in [-0.2, -0.15) is 4.31 Å². The van der Waals surface area contributed by atoms with E-state index in [4.69, 9.17) is 0 Å². The third kappa shape index (κ3) is 2.63. The van der Waals surface area contributed by atoms with Crippen molar-refractivity contribution in [3.8, 4) is 0 Å². The van der Waals surface area contributed by atoms with Crippen LogP contribution in [0.1, 0.15) is 12.8 Å². The lowest BCUT2D eigenvalue weighted by atomic mass is 10.3. The van der Waals surface area contributed by atoms with E-state index in [0.717, 1.165) is 25.9 Å². The zero-order chi connectivity index (χ0) is 11.4. The predicted molar refractivity (Wildman–Crippen MR) is 65.2 cm³/mol. The van der Waals surface area contributed by atoms with Gasteiger partial charge in [0.25, 0.3) is 10.0 Å². The molecule has 0 bridgehead atoms. The Labute approximate surface area is 100 Å². The molecule has 16 heavy (non-hydrogen) atoms. The van der Waals surface area contributed by atoms with Crippen LogP contribution in [0.3, 0.4) is 0 Å². The quantitative estimate of drug-likeness (QED) is 0.867. The second-order valence-electron chi connectivity index (χ2n) is 3.79. The first-order chi connectivity index (χ1) is 7.71. The van der Waals surface area contributed by atoms with E-state index in [2.05, 4.69) is 5.32 Å². The van der Waals surface area contributed by atoms with Gasteiger partial charge in [-0.3, -0.25) is 0 Å². The Hall–Kier alpha value is -0.430. The summed E-state index contributed by atoms with van der Waals surface area (Å²) in [6.07, 6.45) is 1.76. The lowest BCUT2D eigenvalue weighted by Crippen LogP contribution is -2.37. The van der Waals surface area contributed by atoms with Gasteiger partial charge in [-0.25, -0.2) is 8.42 Å². The minimum absolute atomic E-state index is 0.459. The van der Waals surface area contributed by atoms with Crippen LogP contribution in [-0.4, -0.2) is 38.9 Å². The average molecular weight is 260 g/mol. The highest BCUT2D eigenvalue weighted by molar-refractivity contribution is 7.91. The summed E-state index contributed by atoms with van der Waals surface area (Å²) in [6, 6.07) is 3.46. The zero-order valence-corrected chi connectivity index (χ0v) is 10.7. The fourth-order valence-corrected chi connectivity index (χ4v) is 4.44. The Kier molecular flexibility index (Phi) is 3.96. The van der Waals surface area contributed by atoms with E-state index in [9.17, 15) is 8.42 Å². The molecule has 4 nitrogen and oxygen atoms in total. The van der Waals surface area contributed by atoms with Crippen molar-refractivity contribution in [3.63, 3.8) is 0 Å². The fraction of sp³-hybridized carbons (Fsp3) is 0.600. The molecule has 0 radical (unpaired) electrons. The predicted octanol–water partition coefficient (Wildman–Crippen LogP) is 1.12. The highest BCUT2D eigenvalue weighted by atomic mass is 32.2. The Morgan fingerprint density at radius 3 is 2.50 bits per heavy atom. The molecule has 1 N–H and O–H groups in total. The van der Waals surface area contributed by atoms with Crippen LogP contribution in [0.2, 0.25) is 0 Å². The van der Waals surface area contributed by atoms with E-state index in [1.165, 1.54) is 11.3 Å². The molecule has 0 aromatic carbocycles. The van der Waals surface area contributed by atoms with Gasteiger partial charge in [0.15, 0.2) is 0 Å². The Morgan fingerprint density at radius 1 is 1.25 bits per heavy atom. The summed E-state index contributed by atoms with van der Waals surface area (Å²) in [4.78, 5) is 0.